The first kappa shape index (κ1) is 19.0. The number of rotatable bonds is 4. The molecule has 3 aliphatic rings. The van der Waals surface area contributed by atoms with E-state index in [2.05, 4.69) is 59.0 Å². The van der Waals surface area contributed by atoms with E-state index in [1.54, 1.807) is 0 Å². The van der Waals surface area contributed by atoms with Gasteiger partial charge in [0.05, 0.1) is 11.7 Å². The molecule has 0 N–H and O–H groups in total. The quantitative estimate of drug-likeness (QED) is 0.684. The standard InChI is InChI=1S/C24H30N4S/c1-3-18-16-29-24-26-22(21-9-5-6-12-25-21)23(28(18)24)20-11-10-19(15-17(20)2)27-13-7-4-8-14-27/h5-6,9-12,15,18,22-23H,3-4,7-8,13-14,16H2,1-2H3. The van der Waals surface area contributed by atoms with Gasteiger partial charge in [0.1, 0.15) is 6.04 Å². The smallest absolute Gasteiger partial charge is 0.160 e. The van der Waals surface area contributed by atoms with Crippen molar-refractivity contribution in [2.45, 2.75) is 57.7 Å². The lowest BCUT2D eigenvalue weighted by atomic mass is 9.91. The molecule has 0 aliphatic carbocycles. The Labute approximate surface area is 178 Å². The lowest BCUT2D eigenvalue weighted by Crippen LogP contribution is -2.35. The summed E-state index contributed by atoms with van der Waals surface area (Å²) in [5.41, 5.74) is 5.24. The fourth-order valence-electron chi connectivity index (χ4n) is 5.03. The molecule has 5 rings (SSSR count). The average Bonchev–Trinajstić information content (AvgIpc) is 3.34. The third-order valence-corrected chi connectivity index (χ3v) is 7.75. The highest BCUT2D eigenvalue weighted by molar-refractivity contribution is 8.14. The number of amidine groups is 1. The van der Waals surface area contributed by atoms with Gasteiger partial charge in [-0.15, -0.1) is 0 Å². The Kier molecular flexibility index (Phi) is 5.25. The van der Waals surface area contributed by atoms with E-state index < -0.39 is 0 Å². The Balaban J connectivity index is 1.52. The first-order chi connectivity index (χ1) is 14.3. The number of aromatic nitrogens is 1. The number of nitrogens with zero attached hydrogens (tertiary/aromatic N) is 4. The number of aliphatic imine (C=N–C) groups is 1. The van der Waals surface area contributed by atoms with Crippen LogP contribution in [-0.4, -0.2) is 39.9 Å². The van der Waals surface area contributed by atoms with Crippen LogP contribution >= 0.6 is 11.8 Å². The van der Waals surface area contributed by atoms with Gasteiger partial charge in [0.2, 0.25) is 0 Å². The van der Waals surface area contributed by atoms with Gasteiger partial charge in [0.25, 0.3) is 0 Å². The number of hydrogen-bond donors (Lipinski definition) is 0. The molecule has 0 radical (unpaired) electrons. The van der Waals surface area contributed by atoms with Crippen LogP contribution in [0.3, 0.4) is 0 Å². The van der Waals surface area contributed by atoms with Crippen molar-refractivity contribution in [2.24, 2.45) is 4.99 Å². The van der Waals surface area contributed by atoms with Crippen molar-refractivity contribution in [3.8, 4) is 0 Å². The van der Waals surface area contributed by atoms with Crippen LogP contribution in [-0.2, 0) is 0 Å². The Morgan fingerprint density at radius 1 is 1.10 bits per heavy atom. The first-order valence-electron chi connectivity index (χ1n) is 11.0. The largest absolute Gasteiger partial charge is 0.372 e. The van der Waals surface area contributed by atoms with Gasteiger partial charge in [-0.2, -0.15) is 0 Å². The molecular formula is C24H30N4S. The molecule has 29 heavy (non-hydrogen) atoms. The summed E-state index contributed by atoms with van der Waals surface area (Å²) < 4.78 is 0. The lowest BCUT2D eigenvalue weighted by molar-refractivity contribution is 0.254. The van der Waals surface area contributed by atoms with Crippen LogP contribution in [0.4, 0.5) is 5.69 Å². The van der Waals surface area contributed by atoms with Crippen molar-refractivity contribution in [3.05, 3.63) is 59.4 Å². The maximum absolute atomic E-state index is 5.16. The topological polar surface area (TPSA) is 31.7 Å². The zero-order chi connectivity index (χ0) is 19.8. The van der Waals surface area contributed by atoms with Crippen LogP contribution in [0, 0.1) is 6.92 Å². The van der Waals surface area contributed by atoms with Crippen LogP contribution in [0.25, 0.3) is 0 Å². The molecule has 0 saturated carbocycles. The van der Waals surface area contributed by atoms with E-state index in [9.17, 15) is 0 Å². The summed E-state index contributed by atoms with van der Waals surface area (Å²) in [4.78, 5) is 15.0. The second-order valence-electron chi connectivity index (χ2n) is 8.42. The van der Waals surface area contributed by atoms with E-state index in [0.29, 0.717) is 6.04 Å². The minimum absolute atomic E-state index is 0.0765. The van der Waals surface area contributed by atoms with Crippen LogP contribution in [0.2, 0.25) is 0 Å². The Morgan fingerprint density at radius 2 is 1.97 bits per heavy atom. The van der Waals surface area contributed by atoms with Crippen molar-refractivity contribution < 1.29 is 0 Å². The molecule has 2 saturated heterocycles. The van der Waals surface area contributed by atoms with Crippen molar-refractivity contribution in [3.63, 3.8) is 0 Å². The van der Waals surface area contributed by atoms with Crippen LogP contribution in [0.1, 0.15) is 61.5 Å². The van der Waals surface area contributed by atoms with Gasteiger partial charge in [-0.05, 0) is 68.0 Å². The molecule has 0 amide bonds. The van der Waals surface area contributed by atoms with Crippen molar-refractivity contribution >= 4 is 22.6 Å². The minimum atomic E-state index is 0.0765. The summed E-state index contributed by atoms with van der Waals surface area (Å²) in [6, 6.07) is 14.2. The summed E-state index contributed by atoms with van der Waals surface area (Å²) in [6.07, 6.45) is 7.04. The zero-order valence-corrected chi connectivity index (χ0v) is 18.2. The van der Waals surface area contributed by atoms with Crippen LogP contribution in [0.15, 0.2) is 47.6 Å². The molecule has 4 heterocycles. The molecule has 0 spiro atoms. The van der Waals surface area contributed by atoms with Gasteiger partial charge < -0.3 is 9.80 Å². The van der Waals surface area contributed by atoms with E-state index in [1.165, 1.54) is 54.3 Å². The van der Waals surface area contributed by atoms with E-state index in [-0.39, 0.29) is 12.1 Å². The molecule has 3 atom stereocenters. The van der Waals surface area contributed by atoms with E-state index in [0.717, 1.165) is 17.9 Å². The Bertz CT molecular complexity index is 891. The fourth-order valence-corrected chi connectivity index (χ4v) is 6.36. The lowest BCUT2D eigenvalue weighted by Gasteiger charge is -2.34. The molecule has 3 aliphatic heterocycles. The predicted octanol–water partition coefficient (Wildman–Crippen LogP) is 5.36. The number of aryl methyl sites for hydroxylation is 1. The molecule has 152 valence electrons. The average molecular weight is 407 g/mol. The highest BCUT2D eigenvalue weighted by atomic mass is 32.2. The molecule has 0 bridgehead atoms. The summed E-state index contributed by atoms with van der Waals surface area (Å²) in [6.45, 7) is 6.95. The molecule has 4 nitrogen and oxygen atoms in total. The van der Waals surface area contributed by atoms with Crippen LogP contribution in [0.5, 0.6) is 0 Å². The molecular weight excluding hydrogens is 376 g/mol. The molecule has 1 aromatic carbocycles. The van der Waals surface area contributed by atoms with Crippen LogP contribution < -0.4 is 4.90 Å². The zero-order valence-electron chi connectivity index (χ0n) is 17.4. The third kappa shape index (κ3) is 3.43. The maximum atomic E-state index is 5.16. The molecule has 2 aromatic rings. The molecule has 5 heteroatoms. The fraction of sp³-hybridized carbons (Fsp3) is 0.500. The van der Waals surface area contributed by atoms with Gasteiger partial charge in [-0.3, -0.25) is 9.98 Å². The van der Waals surface area contributed by atoms with Crippen molar-refractivity contribution in [2.75, 3.05) is 23.7 Å². The number of anilines is 1. The summed E-state index contributed by atoms with van der Waals surface area (Å²) in [5.74, 6) is 1.14. The van der Waals surface area contributed by atoms with E-state index in [1.807, 2.05) is 24.0 Å². The summed E-state index contributed by atoms with van der Waals surface area (Å²) >= 11 is 1.91. The number of hydrogen-bond acceptors (Lipinski definition) is 5. The number of pyridine rings is 1. The van der Waals surface area contributed by atoms with Gasteiger partial charge >= 0.3 is 0 Å². The van der Waals surface area contributed by atoms with Crippen molar-refractivity contribution in [1.82, 2.24) is 9.88 Å². The third-order valence-electron chi connectivity index (χ3n) is 6.62. The van der Waals surface area contributed by atoms with E-state index >= 15 is 0 Å². The first-order valence-corrected chi connectivity index (χ1v) is 12.0. The normalized spacial score (nSPS) is 26.6. The Morgan fingerprint density at radius 3 is 2.69 bits per heavy atom. The van der Waals surface area contributed by atoms with Gasteiger partial charge in [0.15, 0.2) is 5.17 Å². The molecule has 1 aromatic heterocycles. The predicted molar refractivity (Wildman–Crippen MR) is 123 cm³/mol. The highest BCUT2D eigenvalue weighted by Gasteiger charge is 2.45. The van der Waals surface area contributed by atoms with Gasteiger partial charge in [-0.25, -0.2) is 0 Å². The van der Waals surface area contributed by atoms with E-state index in [4.69, 9.17) is 4.99 Å². The second-order valence-corrected chi connectivity index (χ2v) is 9.41. The minimum Gasteiger partial charge on any atom is -0.372 e. The summed E-state index contributed by atoms with van der Waals surface area (Å²) in [7, 11) is 0. The number of benzene rings is 1. The van der Waals surface area contributed by atoms with Gasteiger partial charge in [0, 0.05) is 36.8 Å². The Hall–Kier alpha value is -2.01. The number of piperidine rings is 1. The molecule has 3 unspecified atom stereocenters. The summed E-state index contributed by atoms with van der Waals surface area (Å²) in [5, 5.41) is 1.21. The molecule has 2 fully saturated rings. The second kappa shape index (κ2) is 8.02. The van der Waals surface area contributed by atoms with Gasteiger partial charge in [-0.1, -0.05) is 30.8 Å². The van der Waals surface area contributed by atoms with Crippen molar-refractivity contribution in [1.29, 1.82) is 0 Å². The highest BCUT2D eigenvalue weighted by Crippen LogP contribution is 2.49. The number of thioether (sulfide) groups is 1. The number of fused-ring (bicyclic) bond motifs is 1. The maximum Gasteiger partial charge on any atom is 0.160 e. The monoisotopic (exact) mass is 406 g/mol. The SMILES string of the molecule is CCC1CSC2=NC(c3ccccn3)C(c3ccc(N4CCCCC4)cc3C)N21.